The lowest BCUT2D eigenvalue weighted by Crippen LogP contribution is -2.62. The van der Waals surface area contributed by atoms with Gasteiger partial charge in [0.15, 0.2) is 0 Å². The van der Waals surface area contributed by atoms with Crippen molar-refractivity contribution in [1.82, 2.24) is 10.2 Å². The van der Waals surface area contributed by atoms with Gasteiger partial charge in [-0.05, 0) is 31.1 Å². The van der Waals surface area contributed by atoms with Crippen LogP contribution in [0.2, 0.25) is 0 Å². The molecule has 2 fully saturated rings. The van der Waals surface area contributed by atoms with Gasteiger partial charge in [0.2, 0.25) is 0 Å². The third-order valence-electron chi connectivity index (χ3n) is 5.55. The molecule has 1 aliphatic heterocycles. The summed E-state index contributed by atoms with van der Waals surface area (Å²) in [5, 5.41) is 3.76. The maximum atomic E-state index is 3.76. The first kappa shape index (κ1) is 15.3. The molecule has 0 aromatic heterocycles. The Labute approximate surface area is 120 Å². The van der Waals surface area contributed by atoms with Crippen molar-refractivity contribution >= 4 is 0 Å². The predicted octanol–water partition coefficient (Wildman–Crippen LogP) is 3.66. The monoisotopic (exact) mass is 266 g/mol. The number of nitrogens with one attached hydrogen (secondary N) is 1. The molecule has 1 aliphatic carbocycles. The Hall–Kier alpha value is -0.0800. The lowest BCUT2D eigenvalue weighted by Gasteiger charge is -2.50. The molecule has 2 heteroatoms. The summed E-state index contributed by atoms with van der Waals surface area (Å²) in [5.74, 6) is 1.72. The second-order valence-electron chi connectivity index (χ2n) is 7.04. The van der Waals surface area contributed by atoms with Crippen LogP contribution in [0.4, 0.5) is 0 Å². The maximum absolute atomic E-state index is 3.76. The Kier molecular flexibility index (Phi) is 5.70. The summed E-state index contributed by atoms with van der Waals surface area (Å²) in [4.78, 5) is 2.91. The van der Waals surface area contributed by atoms with Gasteiger partial charge in [0.1, 0.15) is 0 Å². The van der Waals surface area contributed by atoms with Crippen LogP contribution in [0, 0.1) is 11.8 Å². The molecule has 0 aromatic rings. The summed E-state index contributed by atoms with van der Waals surface area (Å²) < 4.78 is 0. The molecule has 4 unspecified atom stereocenters. The lowest BCUT2D eigenvalue weighted by molar-refractivity contribution is 0.0105. The van der Waals surface area contributed by atoms with Crippen molar-refractivity contribution in [3.05, 3.63) is 0 Å². The van der Waals surface area contributed by atoms with Crippen LogP contribution >= 0.6 is 0 Å². The Morgan fingerprint density at radius 2 is 1.84 bits per heavy atom. The van der Waals surface area contributed by atoms with E-state index in [2.05, 4.69) is 37.9 Å². The molecule has 1 saturated heterocycles. The number of hydrogen-bond acceptors (Lipinski definition) is 2. The highest BCUT2D eigenvalue weighted by Gasteiger charge is 2.37. The van der Waals surface area contributed by atoms with Crippen LogP contribution in [-0.4, -0.2) is 36.1 Å². The van der Waals surface area contributed by atoms with Gasteiger partial charge in [-0.15, -0.1) is 0 Å². The van der Waals surface area contributed by atoms with Crippen molar-refractivity contribution in [2.45, 2.75) is 84.3 Å². The lowest BCUT2D eigenvalue weighted by atomic mass is 9.80. The number of hydrogen-bond donors (Lipinski definition) is 1. The summed E-state index contributed by atoms with van der Waals surface area (Å²) >= 11 is 0. The zero-order valence-corrected chi connectivity index (χ0v) is 13.5. The second-order valence-corrected chi connectivity index (χ2v) is 7.04. The molecule has 1 N–H and O–H groups in total. The first-order chi connectivity index (χ1) is 9.17. The fourth-order valence-electron chi connectivity index (χ4n) is 4.23. The molecule has 0 radical (unpaired) electrons. The van der Waals surface area contributed by atoms with Gasteiger partial charge in [0.05, 0.1) is 0 Å². The molecule has 2 nitrogen and oxygen atoms in total. The van der Waals surface area contributed by atoms with E-state index in [0.29, 0.717) is 0 Å². The van der Waals surface area contributed by atoms with E-state index in [1.54, 1.807) is 0 Å². The third-order valence-corrected chi connectivity index (χ3v) is 5.55. The Morgan fingerprint density at radius 3 is 2.47 bits per heavy atom. The minimum Gasteiger partial charge on any atom is -0.311 e. The molecule has 0 aromatic carbocycles. The summed E-state index contributed by atoms with van der Waals surface area (Å²) in [7, 11) is 0. The number of rotatable bonds is 4. The van der Waals surface area contributed by atoms with Gasteiger partial charge in [-0.25, -0.2) is 0 Å². The van der Waals surface area contributed by atoms with Crippen LogP contribution in [0.5, 0.6) is 0 Å². The Balaban J connectivity index is 2.10. The van der Waals surface area contributed by atoms with Crippen LogP contribution in [0.1, 0.15) is 66.2 Å². The zero-order valence-electron chi connectivity index (χ0n) is 13.5. The Morgan fingerprint density at radius 1 is 1.11 bits per heavy atom. The molecule has 0 spiro atoms. The zero-order chi connectivity index (χ0) is 13.8. The minimum absolute atomic E-state index is 0.717. The number of piperazine rings is 1. The predicted molar refractivity (Wildman–Crippen MR) is 83.5 cm³/mol. The van der Waals surface area contributed by atoms with Gasteiger partial charge in [-0.2, -0.15) is 0 Å². The standard InChI is InChI=1S/C17H34N2/c1-5-14-9-7-8-10-16(14)19-12-15(6-2)18-11-17(19)13(3)4/h13-18H,5-12H2,1-4H3. The van der Waals surface area contributed by atoms with Gasteiger partial charge in [0.25, 0.3) is 0 Å². The van der Waals surface area contributed by atoms with Crippen molar-refractivity contribution in [2.75, 3.05) is 13.1 Å². The highest BCUT2D eigenvalue weighted by Crippen LogP contribution is 2.34. The molecule has 19 heavy (non-hydrogen) atoms. The molecule has 1 heterocycles. The summed E-state index contributed by atoms with van der Waals surface area (Å²) in [6.45, 7) is 12.0. The van der Waals surface area contributed by atoms with E-state index in [1.165, 1.54) is 51.6 Å². The summed E-state index contributed by atoms with van der Waals surface area (Å²) in [5.41, 5.74) is 0. The van der Waals surface area contributed by atoms with E-state index < -0.39 is 0 Å². The third kappa shape index (κ3) is 3.52. The molecule has 112 valence electrons. The molecule has 0 amide bonds. The van der Waals surface area contributed by atoms with E-state index in [1.807, 2.05) is 0 Å². The largest absolute Gasteiger partial charge is 0.311 e. The van der Waals surface area contributed by atoms with E-state index in [9.17, 15) is 0 Å². The van der Waals surface area contributed by atoms with E-state index >= 15 is 0 Å². The summed E-state index contributed by atoms with van der Waals surface area (Å²) in [6, 6.07) is 2.33. The quantitative estimate of drug-likeness (QED) is 0.835. The topological polar surface area (TPSA) is 15.3 Å². The molecule has 2 rings (SSSR count). The van der Waals surface area contributed by atoms with Gasteiger partial charge >= 0.3 is 0 Å². The average Bonchev–Trinajstić information content (AvgIpc) is 2.46. The van der Waals surface area contributed by atoms with E-state index in [-0.39, 0.29) is 0 Å². The Bertz CT molecular complexity index is 264. The van der Waals surface area contributed by atoms with Gasteiger partial charge in [-0.1, -0.05) is 47.0 Å². The molecule has 4 atom stereocenters. The van der Waals surface area contributed by atoms with Gasteiger partial charge in [0, 0.05) is 31.2 Å². The number of nitrogens with zero attached hydrogens (tertiary/aromatic N) is 1. The first-order valence-corrected chi connectivity index (χ1v) is 8.66. The first-order valence-electron chi connectivity index (χ1n) is 8.66. The van der Waals surface area contributed by atoms with Crippen LogP contribution in [0.3, 0.4) is 0 Å². The van der Waals surface area contributed by atoms with Crippen LogP contribution < -0.4 is 5.32 Å². The average molecular weight is 266 g/mol. The smallest absolute Gasteiger partial charge is 0.0247 e. The van der Waals surface area contributed by atoms with E-state index in [0.717, 1.165) is 30.0 Å². The molecular weight excluding hydrogens is 232 g/mol. The summed E-state index contributed by atoms with van der Waals surface area (Å²) in [6.07, 6.45) is 8.46. The van der Waals surface area contributed by atoms with Gasteiger partial charge < -0.3 is 5.32 Å². The van der Waals surface area contributed by atoms with Crippen molar-refractivity contribution < 1.29 is 0 Å². The SMILES string of the molecule is CCC1CN(C2CCCCC2CC)C(C(C)C)CN1. The van der Waals surface area contributed by atoms with Crippen molar-refractivity contribution in [1.29, 1.82) is 0 Å². The van der Waals surface area contributed by atoms with E-state index in [4.69, 9.17) is 0 Å². The van der Waals surface area contributed by atoms with Crippen molar-refractivity contribution in [2.24, 2.45) is 11.8 Å². The van der Waals surface area contributed by atoms with Crippen LogP contribution in [0.15, 0.2) is 0 Å². The highest BCUT2D eigenvalue weighted by atomic mass is 15.3. The highest BCUT2D eigenvalue weighted by molar-refractivity contribution is 4.94. The fraction of sp³-hybridized carbons (Fsp3) is 1.00. The van der Waals surface area contributed by atoms with Crippen LogP contribution in [0.25, 0.3) is 0 Å². The maximum Gasteiger partial charge on any atom is 0.0247 e. The van der Waals surface area contributed by atoms with Gasteiger partial charge in [-0.3, -0.25) is 4.90 Å². The molecule has 2 aliphatic rings. The van der Waals surface area contributed by atoms with Crippen LogP contribution in [-0.2, 0) is 0 Å². The molecule has 1 saturated carbocycles. The van der Waals surface area contributed by atoms with Crippen molar-refractivity contribution in [3.63, 3.8) is 0 Å². The second kappa shape index (κ2) is 7.08. The molecular formula is C17H34N2. The molecule has 0 bridgehead atoms. The normalized spacial score (nSPS) is 37.7. The minimum atomic E-state index is 0.717. The van der Waals surface area contributed by atoms with Crippen molar-refractivity contribution in [3.8, 4) is 0 Å². The fourth-order valence-corrected chi connectivity index (χ4v) is 4.23.